The minimum Gasteiger partial charge on any atom is -0.327 e. The number of nitrogens with two attached hydrogens (primary N) is 1. The molecule has 5 heteroatoms. The highest BCUT2D eigenvalue weighted by atomic mass is 35.5. The van der Waals surface area contributed by atoms with Crippen LogP contribution in [-0.4, -0.2) is 16.0 Å². The Kier molecular flexibility index (Phi) is 5.19. The molecule has 1 heterocycles. The Morgan fingerprint density at radius 3 is 2.89 bits per heavy atom. The van der Waals surface area contributed by atoms with Crippen LogP contribution in [0.4, 0.5) is 0 Å². The highest BCUT2D eigenvalue weighted by Gasteiger charge is 2.12. The summed E-state index contributed by atoms with van der Waals surface area (Å²) in [5, 5.41) is 1.67. The lowest BCUT2D eigenvalue weighted by Crippen LogP contribution is -2.21. The predicted molar refractivity (Wildman–Crippen MR) is 79.6 cm³/mol. The number of aromatic nitrogens is 2. The van der Waals surface area contributed by atoms with E-state index in [2.05, 4.69) is 23.0 Å². The minimum atomic E-state index is 0.129. The Morgan fingerprint density at radius 1 is 1.37 bits per heavy atom. The van der Waals surface area contributed by atoms with Crippen LogP contribution in [0.15, 0.2) is 46.7 Å². The lowest BCUT2D eigenvalue weighted by molar-refractivity contribution is 0.641. The van der Waals surface area contributed by atoms with Gasteiger partial charge in [0, 0.05) is 22.2 Å². The quantitative estimate of drug-likeness (QED) is 0.857. The van der Waals surface area contributed by atoms with Crippen molar-refractivity contribution in [3.8, 4) is 0 Å². The number of halogens is 1. The molecule has 1 aromatic carbocycles. The molecule has 0 radical (unpaired) electrons. The second-order valence-electron chi connectivity index (χ2n) is 4.24. The number of hydrogen-bond donors (Lipinski definition) is 1. The summed E-state index contributed by atoms with van der Waals surface area (Å²) in [4.78, 5) is 9.25. The molecule has 0 amide bonds. The van der Waals surface area contributed by atoms with Gasteiger partial charge >= 0.3 is 0 Å². The molecule has 19 heavy (non-hydrogen) atoms. The van der Waals surface area contributed by atoms with E-state index in [4.69, 9.17) is 17.3 Å². The molecular weight excluding hydrogens is 278 g/mol. The third-order valence-electron chi connectivity index (χ3n) is 2.84. The third kappa shape index (κ3) is 3.93. The number of rotatable bonds is 5. The van der Waals surface area contributed by atoms with Crippen molar-refractivity contribution in [2.45, 2.75) is 35.7 Å². The van der Waals surface area contributed by atoms with Crippen LogP contribution in [0, 0.1) is 0 Å². The summed E-state index contributed by atoms with van der Waals surface area (Å²) in [5.41, 5.74) is 7.14. The Labute approximate surface area is 122 Å². The fourth-order valence-electron chi connectivity index (χ4n) is 1.69. The second kappa shape index (κ2) is 6.89. The molecule has 1 unspecified atom stereocenters. The summed E-state index contributed by atoms with van der Waals surface area (Å²) in [6.45, 7) is 2.08. The van der Waals surface area contributed by atoms with Crippen molar-refractivity contribution < 1.29 is 0 Å². The molecule has 0 fully saturated rings. The van der Waals surface area contributed by atoms with Crippen LogP contribution in [0.5, 0.6) is 0 Å². The molecule has 0 aliphatic rings. The molecule has 2 aromatic rings. The van der Waals surface area contributed by atoms with Gasteiger partial charge in [-0.3, -0.25) is 0 Å². The molecule has 0 spiro atoms. The second-order valence-corrected chi connectivity index (χ2v) is 5.71. The maximum absolute atomic E-state index is 6.30. The summed E-state index contributed by atoms with van der Waals surface area (Å²) >= 11 is 7.88. The van der Waals surface area contributed by atoms with E-state index in [1.54, 1.807) is 24.3 Å². The Hall–Kier alpha value is -1.10. The van der Waals surface area contributed by atoms with Crippen molar-refractivity contribution >= 4 is 23.4 Å². The molecule has 0 saturated heterocycles. The maximum Gasteiger partial charge on any atom is 0.116 e. The van der Waals surface area contributed by atoms with Gasteiger partial charge in [0.05, 0.1) is 0 Å². The van der Waals surface area contributed by atoms with Gasteiger partial charge < -0.3 is 5.73 Å². The van der Waals surface area contributed by atoms with E-state index in [1.807, 2.05) is 18.2 Å². The molecule has 0 aliphatic carbocycles. The van der Waals surface area contributed by atoms with Crippen LogP contribution in [0.3, 0.4) is 0 Å². The van der Waals surface area contributed by atoms with Crippen molar-refractivity contribution in [2.75, 3.05) is 0 Å². The molecule has 0 saturated carbocycles. The Balaban J connectivity index is 2.27. The first kappa shape index (κ1) is 14.3. The zero-order chi connectivity index (χ0) is 13.7. The molecule has 2 rings (SSSR count). The van der Waals surface area contributed by atoms with Gasteiger partial charge in [-0.25, -0.2) is 9.97 Å². The van der Waals surface area contributed by atoms with Crippen molar-refractivity contribution in [3.63, 3.8) is 0 Å². The number of nitrogens with zero attached hydrogens (tertiary/aromatic N) is 2. The largest absolute Gasteiger partial charge is 0.327 e. The normalized spacial score (nSPS) is 12.4. The summed E-state index contributed by atoms with van der Waals surface area (Å²) in [7, 11) is 0. The van der Waals surface area contributed by atoms with E-state index in [0.29, 0.717) is 0 Å². The fraction of sp³-hybridized carbons (Fsp3) is 0.286. The van der Waals surface area contributed by atoms with Gasteiger partial charge in [0.15, 0.2) is 0 Å². The molecular formula is C14H16ClN3S. The van der Waals surface area contributed by atoms with Gasteiger partial charge in [-0.1, -0.05) is 36.4 Å². The summed E-state index contributed by atoms with van der Waals surface area (Å²) < 4.78 is 0. The lowest BCUT2D eigenvalue weighted by Gasteiger charge is -2.14. The maximum atomic E-state index is 6.30. The first-order valence-corrected chi connectivity index (χ1v) is 7.37. The number of hydrogen-bond acceptors (Lipinski definition) is 4. The highest BCUT2D eigenvalue weighted by Crippen LogP contribution is 2.33. The lowest BCUT2D eigenvalue weighted by atomic mass is 10.0. The SMILES string of the molecule is CCC(N)Cc1c(Cl)cccc1Sc1ccncn1. The Morgan fingerprint density at radius 2 is 2.21 bits per heavy atom. The average molecular weight is 294 g/mol. The fourth-order valence-corrected chi connectivity index (χ4v) is 2.92. The van der Waals surface area contributed by atoms with Gasteiger partial charge in [0.2, 0.25) is 0 Å². The predicted octanol–water partition coefficient (Wildman–Crippen LogP) is 3.56. The van der Waals surface area contributed by atoms with Crippen LogP contribution in [0.1, 0.15) is 18.9 Å². The monoisotopic (exact) mass is 293 g/mol. The molecule has 100 valence electrons. The number of benzene rings is 1. The van der Waals surface area contributed by atoms with E-state index in [-0.39, 0.29) is 6.04 Å². The first-order valence-electron chi connectivity index (χ1n) is 6.17. The highest BCUT2D eigenvalue weighted by molar-refractivity contribution is 7.99. The summed E-state index contributed by atoms with van der Waals surface area (Å²) in [5.74, 6) is 0. The molecule has 0 bridgehead atoms. The van der Waals surface area contributed by atoms with Crippen LogP contribution in [-0.2, 0) is 6.42 Å². The molecule has 1 atom stereocenters. The summed E-state index contributed by atoms with van der Waals surface area (Å²) in [6.07, 6.45) is 4.99. The van der Waals surface area contributed by atoms with Crippen LogP contribution < -0.4 is 5.73 Å². The van der Waals surface area contributed by atoms with E-state index >= 15 is 0 Å². The van der Waals surface area contributed by atoms with Gasteiger partial charge in [-0.2, -0.15) is 0 Å². The topological polar surface area (TPSA) is 51.8 Å². The van der Waals surface area contributed by atoms with Gasteiger partial charge in [-0.05, 0) is 36.6 Å². The van der Waals surface area contributed by atoms with E-state index in [0.717, 1.165) is 33.3 Å². The molecule has 0 aliphatic heterocycles. The van der Waals surface area contributed by atoms with Crippen molar-refractivity contribution in [1.82, 2.24) is 9.97 Å². The Bertz CT molecular complexity index is 533. The average Bonchev–Trinajstić information content (AvgIpc) is 2.43. The first-order chi connectivity index (χ1) is 9.20. The van der Waals surface area contributed by atoms with Gasteiger partial charge in [-0.15, -0.1) is 0 Å². The zero-order valence-corrected chi connectivity index (χ0v) is 12.3. The summed E-state index contributed by atoms with van der Waals surface area (Å²) in [6, 6.07) is 7.92. The van der Waals surface area contributed by atoms with E-state index in [1.165, 1.54) is 0 Å². The minimum absolute atomic E-state index is 0.129. The standard InChI is InChI=1S/C14H16ClN3S/c1-2-10(16)8-11-12(15)4-3-5-13(11)19-14-6-7-17-9-18-14/h3-7,9-10H,2,8,16H2,1H3. The van der Waals surface area contributed by atoms with Gasteiger partial charge in [0.1, 0.15) is 11.4 Å². The molecule has 1 aromatic heterocycles. The van der Waals surface area contributed by atoms with Crippen molar-refractivity contribution in [3.05, 3.63) is 47.4 Å². The molecule has 2 N–H and O–H groups in total. The van der Waals surface area contributed by atoms with E-state index < -0.39 is 0 Å². The smallest absolute Gasteiger partial charge is 0.116 e. The third-order valence-corrected chi connectivity index (χ3v) is 4.24. The van der Waals surface area contributed by atoms with Crippen molar-refractivity contribution in [1.29, 1.82) is 0 Å². The zero-order valence-electron chi connectivity index (χ0n) is 10.7. The van der Waals surface area contributed by atoms with Crippen LogP contribution in [0.25, 0.3) is 0 Å². The van der Waals surface area contributed by atoms with E-state index in [9.17, 15) is 0 Å². The van der Waals surface area contributed by atoms with Crippen LogP contribution in [0.2, 0.25) is 5.02 Å². The van der Waals surface area contributed by atoms with Crippen LogP contribution >= 0.6 is 23.4 Å². The molecule has 3 nitrogen and oxygen atoms in total. The van der Waals surface area contributed by atoms with Crippen molar-refractivity contribution in [2.24, 2.45) is 5.73 Å². The van der Waals surface area contributed by atoms with Gasteiger partial charge in [0.25, 0.3) is 0 Å².